The van der Waals surface area contributed by atoms with Gasteiger partial charge in [0.05, 0.1) is 5.39 Å². The number of hydrogen-bond acceptors (Lipinski definition) is 6. The second-order valence-corrected chi connectivity index (χ2v) is 5.54. The lowest BCUT2D eigenvalue weighted by Gasteiger charge is -2.10. The van der Waals surface area contributed by atoms with Crippen LogP contribution in [0.4, 0.5) is 0 Å². The topological polar surface area (TPSA) is 121 Å². The van der Waals surface area contributed by atoms with Crippen molar-refractivity contribution in [3.8, 4) is 0 Å². The van der Waals surface area contributed by atoms with Gasteiger partial charge in [-0.2, -0.15) is 0 Å². The van der Waals surface area contributed by atoms with Crippen LogP contribution in [0.2, 0.25) is 0 Å². The van der Waals surface area contributed by atoms with Crippen molar-refractivity contribution >= 4 is 16.9 Å². The summed E-state index contributed by atoms with van der Waals surface area (Å²) in [6.45, 7) is 2.69. The molecule has 0 aliphatic heterocycles. The summed E-state index contributed by atoms with van der Waals surface area (Å²) in [6, 6.07) is 4.54. The number of fused-ring (bicyclic) bond motifs is 1. The summed E-state index contributed by atoms with van der Waals surface area (Å²) in [6.07, 6.45) is 6.87. The van der Waals surface area contributed by atoms with Crippen molar-refractivity contribution < 1.29 is 9.63 Å². The van der Waals surface area contributed by atoms with Gasteiger partial charge in [-0.3, -0.25) is 4.79 Å². The molecule has 2 rings (SSSR count). The predicted molar refractivity (Wildman–Crippen MR) is 89.7 cm³/mol. The quantitative estimate of drug-likeness (QED) is 0.189. The Hall–Kier alpha value is -2.64. The summed E-state index contributed by atoms with van der Waals surface area (Å²) in [5.74, 6) is 4.59. The number of rotatable bonds is 9. The van der Waals surface area contributed by atoms with E-state index in [1.807, 2.05) is 0 Å². The van der Waals surface area contributed by atoms with E-state index in [1.54, 1.807) is 6.07 Å². The number of nitrogens with zero attached hydrogens (tertiary/aromatic N) is 4. The summed E-state index contributed by atoms with van der Waals surface area (Å²) in [5.41, 5.74) is 0.134. The molecule has 2 aromatic rings. The Morgan fingerprint density at radius 1 is 1.25 bits per heavy atom. The average molecular weight is 332 g/mol. The minimum Gasteiger partial charge on any atom is -0.858 e. The maximum Gasteiger partial charge on any atom is 0.316 e. The summed E-state index contributed by atoms with van der Waals surface area (Å²) < 4.78 is 5.18. The molecule has 0 spiro atoms. The smallest absolute Gasteiger partial charge is 0.316 e. The van der Waals surface area contributed by atoms with Crippen LogP contribution in [0.1, 0.15) is 51.0 Å². The minimum atomic E-state index is -0.484. The summed E-state index contributed by atoms with van der Waals surface area (Å²) in [7, 11) is 0. The van der Waals surface area contributed by atoms with Crippen LogP contribution in [0, 0.1) is 0 Å². The Balaban J connectivity index is 2.00. The van der Waals surface area contributed by atoms with Crippen molar-refractivity contribution in [2.45, 2.75) is 45.4 Å². The normalized spacial score (nSPS) is 12.5. The molecule has 0 aliphatic carbocycles. The fourth-order valence-corrected chi connectivity index (χ4v) is 2.42. The highest BCUT2D eigenvalue weighted by Gasteiger charge is 2.09. The van der Waals surface area contributed by atoms with Gasteiger partial charge in [0, 0.05) is 6.54 Å². The van der Waals surface area contributed by atoms with Crippen LogP contribution in [0.15, 0.2) is 43.0 Å². The summed E-state index contributed by atoms with van der Waals surface area (Å²) >= 11 is 0. The molecule has 0 amide bonds. The van der Waals surface area contributed by atoms with E-state index in [9.17, 15) is 9.90 Å². The number of aliphatic imine (C=N–C) groups is 1. The highest BCUT2D eigenvalue weighted by atomic mass is 16.5. The molecule has 0 aliphatic rings. The highest BCUT2D eigenvalue weighted by molar-refractivity contribution is 5.94. The van der Waals surface area contributed by atoms with Crippen molar-refractivity contribution in [2.24, 2.45) is 21.3 Å². The van der Waals surface area contributed by atoms with Gasteiger partial charge in [-0.05, 0) is 40.1 Å². The maximum atomic E-state index is 12.1. The molecule has 24 heavy (non-hydrogen) atoms. The first-order chi connectivity index (χ1) is 11.7. The molecular formula is C16H22N5O3-. The molecule has 0 saturated heterocycles. The van der Waals surface area contributed by atoms with Crippen LogP contribution in [0.3, 0.4) is 0 Å². The highest BCUT2D eigenvalue weighted by Crippen LogP contribution is 2.14. The average Bonchev–Trinajstić information content (AvgIpc) is 2.89. The lowest BCUT2D eigenvalue weighted by Crippen LogP contribution is -2.19. The van der Waals surface area contributed by atoms with E-state index in [4.69, 9.17) is 10.4 Å². The Morgan fingerprint density at radius 2 is 2.00 bits per heavy atom. The molecule has 2 N–H and O–H groups in total. The standard InChI is InChI=1S/C16H23N5O3/c1-2-3-4-5-6-7-10-18-15(22)12-8-9-13-14(11-12)24-21(16(13)23)20-19-17/h8-9,11H,2-7,10H2,1H3,(H2,17,20)(H,18,22)/p-1. The molecule has 8 heteroatoms. The molecule has 0 saturated carbocycles. The van der Waals surface area contributed by atoms with E-state index in [1.165, 1.54) is 37.8 Å². The van der Waals surface area contributed by atoms with Gasteiger partial charge >= 0.3 is 5.56 Å². The lowest BCUT2D eigenvalue weighted by atomic mass is 10.1. The van der Waals surface area contributed by atoms with Crippen LogP contribution in [-0.2, 0) is 0 Å². The molecule has 0 unspecified atom stereocenters. The van der Waals surface area contributed by atoms with Crippen LogP contribution in [-0.4, -0.2) is 17.3 Å². The predicted octanol–water partition coefficient (Wildman–Crippen LogP) is 2.15. The van der Waals surface area contributed by atoms with Crippen molar-refractivity contribution in [3.05, 3.63) is 34.1 Å². The van der Waals surface area contributed by atoms with Crippen LogP contribution < -0.4 is 16.5 Å². The largest absolute Gasteiger partial charge is 0.858 e. The number of benzene rings is 1. The van der Waals surface area contributed by atoms with Gasteiger partial charge in [0.15, 0.2) is 5.58 Å². The number of aromatic nitrogens is 1. The van der Waals surface area contributed by atoms with Crippen LogP contribution in [0.5, 0.6) is 0 Å². The first-order valence-electron chi connectivity index (χ1n) is 8.16. The first-order valence-corrected chi connectivity index (χ1v) is 8.16. The van der Waals surface area contributed by atoms with Gasteiger partial charge in [-0.25, -0.2) is 0 Å². The zero-order valence-corrected chi connectivity index (χ0v) is 13.8. The van der Waals surface area contributed by atoms with Gasteiger partial charge in [0.1, 0.15) is 0 Å². The van der Waals surface area contributed by atoms with Crippen LogP contribution >= 0.6 is 0 Å². The number of nitrogens with two attached hydrogens (primary N) is 1. The Bertz CT molecular complexity index is 776. The molecule has 8 nitrogen and oxygen atoms in total. The molecule has 0 radical (unpaired) electrons. The van der Waals surface area contributed by atoms with E-state index >= 15 is 0 Å². The molecule has 1 aromatic heterocycles. The first kappa shape index (κ1) is 17.7. The molecule has 1 heterocycles. The second-order valence-electron chi connectivity index (χ2n) is 5.54. The van der Waals surface area contributed by atoms with E-state index in [0.717, 1.165) is 12.8 Å². The molecule has 0 bridgehead atoms. The zero-order chi connectivity index (χ0) is 17.4. The fraction of sp³-hybridized carbons (Fsp3) is 0.500. The van der Waals surface area contributed by atoms with E-state index in [-0.39, 0.29) is 11.5 Å². The fourth-order valence-electron chi connectivity index (χ4n) is 2.42. The van der Waals surface area contributed by atoms with E-state index in [0.29, 0.717) is 22.3 Å². The minimum absolute atomic E-state index is 0.244. The number of hydrogen-bond donors (Lipinski definition) is 1. The lowest BCUT2D eigenvalue weighted by molar-refractivity contribution is -0.213. The van der Waals surface area contributed by atoms with Gasteiger partial charge < -0.3 is 20.5 Å². The van der Waals surface area contributed by atoms with E-state index in [2.05, 4.69) is 22.4 Å². The molecule has 1 aromatic carbocycles. The Kier molecular flexibility index (Phi) is 6.53. The van der Waals surface area contributed by atoms with Gasteiger partial charge in [0.2, 0.25) is 0 Å². The van der Waals surface area contributed by atoms with Gasteiger partial charge in [-0.1, -0.05) is 50.3 Å². The SMILES string of the molecule is CCCCCCCCN=C([O-])c1ccc2c(=O)n(/N=N/N)oc2c1. The van der Waals surface area contributed by atoms with E-state index < -0.39 is 5.56 Å². The third-order valence-corrected chi connectivity index (χ3v) is 3.72. The third-order valence-electron chi connectivity index (χ3n) is 3.72. The monoisotopic (exact) mass is 332 g/mol. The zero-order valence-electron chi connectivity index (χ0n) is 13.8. The number of unbranched alkanes of at least 4 members (excludes halogenated alkanes) is 5. The van der Waals surface area contributed by atoms with Crippen molar-refractivity contribution in [3.63, 3.8) is 0 Å². The molecule has 0 fully saturated rings. The second kappa shape index (κ2) is 8.85. The van der Waals surface area contributed by atoms with Crippen molar-refractivity contribution in [1.29, 1.82) is 0 Å². The molecular weight excluding hydrogens is 310 g/mol. The third kappa shape index (κ3) is 4.43. The maximum absolute atomic E-state index is 12.1. The van der Waals surface area contributed by atoms with Gasteiger partial charge in [-0.15, -0.1) is 0 Å². The molecule has 130 valence electrons. The van der Waals surface area contributed by atoms with Crippen molar-refractivity contribution in [1.82, 2.24) is 4.85 Å². The summed E-state index contributed by atoms with van der Waals surface area (Å²) in [4.78, 5) is 16.6. The molecule has 0 atom stereocenters. The van der Waals surface area contributed by atoms with Gasteiger partial charge in [0.25, 0.3) is 0 Å². The summed E-state index contributed by atoms with van der Waals surface area (Å²) in [5, 5.41) is 18.7. The Morgan fingerprint density at radius 3 is 2.75 bits per heavy atom. The van der Waals surface area contributed by atoms with Crippen molar-refractivity contribution in [2.75, 3.05) is 6.54 Å². The Labute approximate surface area is 139 Å². The van der Waals surface area contributed by atoms with Crippen LogP contribution in [0.25, 0.3) is 11.0 Å².